The van der Waals surface area contributed by atoms with Crippen molar-refractivity contribution in [3.63, 3.8) is 0 Å². The number of nitrogens with two attached hydrogens (primary N) is 1. The van der Waals surface area contributed by atoms with Gasteiger partial charge in [-0.05, 0) is 35.8 Å². The minimum Gasteiger partial charge on any atom is -0.320 e. The summed E-state index contributed by atoms with van der Waals surface area (Å²) in [7, 11) is 0. The molecule has 0 fully saturated rings. The van der Waals surface area contributed by atoms with Crippen LogP contribution in [0, 0.1) is 23.6 Å². The zero-order chi connectivity index (χ0) is 13.4. The van der Waals surface area contributed by atoms with E-state index in [0.29, 0.717) is 5.56 Å². The average Bonchev–Trinajstić information content (AvgIpc) is 2.34. The van der Waals surface area contributed by atoms with Crippen molar-refractivity contribution in [1.82, 2.24) is 0 Å². The summed E-state index contributed by atoms with van der Waals surface area (Å²) in [6.07, 6.45) is 1.21. The topological polar surface area (TPSA) is 26.0 Å². The molecule has 0 radical (unpaired) electrons. The Morgan fingerprint density at radius 3 is 2.83 bits per heavy atom. The van der Waals surface area contributed by atoms with Gasteiger partial charge in [-0.1, -0.05) is 31.8 Å². The lowest BCUT2D eigenvalue weighted by Gasteiger charge is -2.05. The molecule has 0 unspecified atom stereocenters. The second-order valence-electron chi connectivity index (χ2n) is 4.56. The molecule has 0 saturated carbocycles. The Morgan fingerprint density at radius 1 is 1.39 bits per heavy atom. The van der Waals surface area contributed by atoms with Crippen LogP contribution in [0.1, 0.15) is 31.4 Å². The Kier molecular flexibility index (Phi) is 6.85. The first-order chi connectivity index (χ1) is 8.63. The van der Waals surface area contributed by atoms with Crippen molar-refractivity contribution in [2.24, 2.45) is 11.7 Å². The highest BCUT2D eigenvalue weighted by atomic mass is 32.2. The van der Waals surface area contributed by atoms with Crippen molar-refractivity contribution in [3.05, 3.63) is 35.1 Å². The van der Waals surface area contributed by atoms with E-state index >= 15 is 0 Å². The lowest BCUT2D eigenvalue weighted by Crippen LogP contribution is -1.94. The van der Waals surface area contributed by atoms with E-state index in [0.717, 1.165) is 23.0 Å². The van der Waals surface area contributed by atoms with Crippen LogP contribution in [0.15, 0.2) is 18.2 Å². The van der Waals surface area contributed by atoms with Crippen LogP contribution in [0.5, 0.6) is 0 Å². The average molecular weight is 265 g/mol. The third-order valence-corrected chi connectivity index (χ3v) is 3.53. The van der Waals surface area contributed by atoms with Crippen LogP contribution in [0.25, 0.3) is 0 Å². The quantitative estimate of drug-likeness (QED) is 0.652. The van der Waals surface area contributed by atoms with Gasteiger partial charge in [0, 0.05) is 5.75 Å². The Bertz CT molecular complexity index is 432. The minimum atomic E-state index is -0.271. The highest BCUT2D eigenvalue weighted by Gasteiger charge is 2.02. The van der Waals surface area contributed by atoms with Gasteiger partial charge < -0.3 is 5.73 Å². The first-order valence-electron chi connectivity index (χ1n) is 6.18. The van der Waals surface area contributed by atoms with Gasteiger partial charge in [0.05, 0.1) is 12.1 Å². The molecule has 0 heterocycles. The molecule has 0 saturated heterocycles. The maximum atomic E-state index is 13.4. The van der Waals surface area contributed by atoms with Crippen LogP contribution >= 0.6 is 11.8 Å². The van der Waals surface area contributed by atoms with Gasteiger partial charge in [-0.15, -0.1) is 0 Å². The summed E-state index contributed by atoms with van der Waals surface area (Å²) < 4.78 is 13.4. The molecule has 0 amide bonds. The molecule has 0 aliphatic rings. The van der Waals surface area contributed by atoms with Gasteiger partial charge in [0.25, 0.3) is 0 Å². The normalized spacial score (nSPS) is 10.3. The number of hydrogen-bond acceptors (Lipinski definition) is 2. The third-order valence-electron chi connectivity index (χ3n) is 2.46. The van der Waals surface area contributed by atoms with Crippen LogP contribution in [-0.4, -0.2) is 12.3 Å². The second kappa shape index (κ2) is 8.18. The fourth-order valence-corrected chi connectivity index (χ4v) is 2.61. The molecular weight excluding hydrogens is 245 g/mol. The molecule has 18 heavy (non-hydrogen) atoms. The number of halogens is 1. The predicted molar refractivity (Wildman–Crippen MR) is 77.9 cm³/mol. The van der Waals surface area contributed by atoms with E-state index in [-0.39, 0.29) is 12.4 Å². The molecule has 1 rings (SSSR count). The molecule has 0 spiro atoms. The van der Waals surface area contributed by atoms with Gasteiger partial charge in [0.15, 0.2) is 0 Å². The summed E-state index contributed by atoms with van der Waals surface area (Å²) in [6, 6.07) is 5.13. The van der Waals surface area contributed by atoms with Crippen molar-refractivity contribution in [2.45, 2.75) is 26.0 Å². The van der Waals surface area contributed by atoms with Crippen LogP contribution in [0.2, 0.25) is 0 Å². The van der Waals surface area contributed by atoms with E-state index in [4.69, 9.17) is 5.73 Å². The van der Waals surface area contributed by atoms with Crippen LogP contribution in [-0.2, 0) is 5.75 Å². The van der Waals surface area contributed by atoms with E-state index in [1.807, 2.05) is 23.9 Å². The first kappa shape index (κ1) is 15.1. The summed E-state index contributed by atoms with van der Waals surface area (Å²) >= 11 is 1.88. The molecule has 0 aliphatic heterocycles. The molecule has 1 aromatic carbocycles. The molecule has 3 heteroatoms. The smallest absolute Gasteiger partial charge is 0.138 e. The summed E-state index contributed by atoms with van der Waals surface area (Å²) in [6.45, 7) is 4.70. The summed E-state index contributed by atoms with van der Waals surface area (Å²) in [5, 5.41) is 0. The number of benzene rings is 1. The molecule has 0 aliphatic carbocycles. The highest BCUT2D eigenvalue weighted by Crippen LogP contribution is 2.17. The SMILES string of the molecule is CC(C)CCSCc1ccc(F)c(C#CCN)c1. The largest absolute Gasteiger partial charge is 0.320 e. The van der Waals surface area contributed by atoms with E-state index in [1.165, 1.54) is 12.5 Å². The van der Waals surface area contributed by atoms with Gasteiger partial charge in [-0.2, -0.15) is 11.8 Å². The van der Waals surface area contributed by atoms with Crippen molar-refractivity contribution in [1.29, 1.82) is 0 Å². The maximum Gasteiger partial charge on any atom is 0.138 e. The first-order valence-corrected chi connectivity index (χ1v) is 7.34. The molecule has 1 aromatic rings. The number of hydrogen-bond donors (Lipinski definition) is 1. The molecule has 2 N–H and O–H groups in total. The summed E-state index contributed by atoms with van der Waals surface area (Å²) in [4.78, 5) is 0. The summed E-state index contributed by atoms with van der Waals surface area (Å²) in [5.41, 5.74) is 6.85. The second-order valence-corrected chi connectivity index (χ2v) is 5.66. The maximum absolute atomic E-state index is 13.4. The van der Waals surface area contributed by atoms with E-state index in [1.54, 1.807) is 0 Å². The van der Waals surface area contributed by atoms with Crippen molar-refractivity contribution >= 4 is 11.8 Å². The Morgan fingerprint density at radius 2 is 2.17 bits per heavy atom. The molecular formula is C15H20FNS. The lowest BCUT2D eigenvalue weighted by molar-refractivity contribution is 0.624. The van der Waals surface area contributed by atoms with Gasteiger partial charge in [-0.25, -0.2) is 4.39 Å². The Hall–Kier alpha value is -0.980. The molecule has 0 bridgehead atoms. The number of rotatable bonds is 5. The fourth-order valence-electron chi connectivity index (χ4n) is 1.41. The standard InChI is InChI=1S/C15H20FNS/c1-12(2)7-9-18-11-13-5-6-15(16)14(10-13)4-3-8-17/h5-6,10,12H,7-9,11,17H2,1-2H3. The van der Waals surface area contributed by atoms with E-state index < -0.39 is 0 Å². The van der Waals surface area contributed by atoms with Crippen LogP contribution in [0.3, 0.4) is 0 Å². The lowest BCUT2D eigenvalue weighted by atomic mass is 10.1. The third kappa shape index (κ3) is 5.57. The van der Waals surface area contributed by atoms with Gasteiger partial charge in [-0.3, -0.25) is 0 Å². The predicted octanol–water partition coefficient (Wildman–Crippen LogP) is 3.42. The molecule has 1 nitrogen and oxygen atoms in total. The Labute approximate surface area is 113 Å². The Balaban J connectivity index is 2.56. The van der Waals surface area contributed by atoms with E-state index in [9.17, 15) is 4.39 Å². The minimum absolute atomic E-state index is 0.257. The monoisotopic (exact) mass is 265 g/mol. The molecule has 0 atom stereocenters. The molecule has 98 valence electrons. The van der Waals surface area contributed by atoms with Crippen molar-refractivity contribution < 1.29 is 4.39 Å². The van der Waals surface area contributed by atoms with Crippen molar-refractivity contribution in [3.8, 4) is 11.8 Å². The fraction of sp³-hybridized carbons (Fsp3) is 0.467. The van der Waals surface area contributed by atoms with Gasteiger partial charge in [0.1, 0.15) is 5.82 Å². The van der Waals surface area contributed by atoms with Crippen LogP contribution < -0.4 is 5.73 Å². The zero-order valence-corrected chi connectivity index (χ0v) is 11.8. The zero-order valence-electron chi connectivity index (χ0n) is 11.0. The van der Waals surface area contributed by atoms with E-state index in [2.05, 4.69) is 25.7 Å². The summed E-state index contributed by atoms with van der Waals surface area (Å²) in [5.74, 6) is 7.95. The number of thioether (sulfide) groups is 1. The highest BCUT2D eigenvalue weighted by molar-refractivity contribution is 7.98. The molecule has 0 aromatic heterocycles. The van der Waals surface area contributed by atoms with Crippen LogP contribution in [0.4, 0.5) is 4.39 Å². The van der Waals surface area contributed by atoms with Gasteiger partial charge in [0.2, 0.25) is 0 Å². The van der Waals surface area contributed by atoms with Gasteiger partial charge >= 0.3 is 0 Å². The van der Waals surface area contributed by atoms with Crippen molar-refractivity contribution in [2.75, 3.05) is 12.3 Å².